The van der Waals surface area contributed by atoms with Gasteiger partial charge in [0, 0.05) is 42.0 Å². The summed E-state index contributed by atoms with van der Waals surface area (Å²) in [6.45, 7) is 0. The van der Waals surface area contributed by atoms with Crippen molar-refractivity contribution in [1.29, 1.82) is 0 Å². The number of ether oxygens (including phenoxy) is 1. The lowest BCUT2D eigenvalue weighted by Gasteiger charge is -2.34. The van der Waals surface area contributed by atoms with E-state index in [1.54, 1.807) is 25.7 Å². The van der Waals surface area contributed by atoms with E-state index in [2.05, 4.69) is 20.7 Å². The van der Waals surface area contributed by atoms with Crippen molar-refractivity contribution in [2.24, 2.45) is 0 Å². The summed E-state index contributed by atoms with van der Waals surface area (Å²) in [4.78, 5) is 27.7. The van der Waals surface area contributed by atoms with Gasteiger partial charge in [-0.1, -0.05) is 6.07 Å². The summed E-state index contributed by atoms with van der Waals surface area (Å²) in [5, 5.41) is 10.3. The van der Waals surface area contributed by atoms with Crippen molar-refractivity contribution in [3.63, 3.8) is 0 Å². The van der Waals surface area contributed by atoms with Crippen LogP contribution in [-0.4, -0.2) is 45.8 Å². The number of nitrogens with zero attached hydrogens (tertiary/aromatic N) is 2. The van der Waals surface area contributed by atoms with Crippen molar-refractivity contribution < 1.29 is 27.5 Å². The van der Waals surface area contributed by atoms with Crippen molar-refractivity contribution in [2.75, 3.05) is 12.4 Å². The number of aromatic nitrogens is 3. The maximum Gasteiger partial charge on any atom is 0.416 e. The van der Waals surface area contributed by atoms with Gasteiger partial charge >= 0.3 is 18.0 Å². The Labute approximate surface area is 203 Å². The summed E-state index contributed by atoms with van der Waals surface area (Å²) in [5.74, 6) is -1.48. The molecular weight excluding hydrogens is 475 g/mol. The van der Waals surface area contributed by atoms with Crippen molar-refractivity contribution >= 4 is 28.4 Å². The Hall–Kier alpha value is -4.12. The number of halogens is 3. The number of anilines is 1. The monoisotopic (exact) mass is 497 g/mol. The van der Waals surface area contributed by atoms with Crippen LogP contribution in [0.4, 0.5) is 18.9 Å². The molecule has 0 saturated heterocycles. The van der Waals surface area contributed by atoms with E-state index < -0.39 is 23.6 Å². The van der Waals surface area contributed by atoms with E-state index in [9.17, 15) is 22.8 Å². The molecule has 8 nitrogen and oxygen atoms in total. The molecule has 3 N–H and O–H groups in total. The fourth-order valence-corrected chi connectivity index (χ4v) is 4.13. The predicted octanol–water partition coefficient (Wildman–Crippen LogP) is 4.27. The molecule has 2 amide bonds. The second kappa shape index (κ2) is 9.15. The van der Waals surface area contributed by atoms with Crippen LogP contribution in [-0.2, 0) is 20.5 Å². The number of benzene rings is 2. The Morgan fingerprint density at radius 2 is 1.83 bits per heavy atom. The fourth-order valence-electron chi connectivity index (χ4n) is 4.13. The van der Waals surface area contributed by atoms with Gasteiger partial charge in [0.15, 0.2) is 0 Å². The number of amides is 2. The van der Waals surface area contributed by atoms with Crippen LogP contribution in [0.5, 0.6) is 0 Å². The minimum atomic E-state index is -4.40. The van der Waals surface area contributed by atoms with Gasteiger partial charge in [-0.25, -0.2) is 4.68 Å². The Morgan fingerprint density at radius 3 is 2.53 bits per heavy atom. The highest BCUT2D eigenvalue weighted by atomic mass is 19.4. The number of carbonyl (C=O) groups is 2. The van der Waals surface area contributed by atoms with Gasteiger partial charge in [-0.15, -0.1) is 0 Å². The molecule has 0 unspecified atom stereocenters. The predicted molar refractivity (Wildman–Crippen MR) is 126 cm³/mol. The van der Waals surface area contributed by atoms with Crippen molar-refractivity contribution in [1.82, 2.24) is 20.1 Å². The molecule has 186 valence electrons. The number of rotatable bonds is 5. The standard InChI is InChI=1S/C25H22F3N5O3/c1-36-19-9-17(10-19)31-23(34)24(35)32-22-12-29-21-7-2-14(8-20(21)22)15-11-30-33(13-15)18-5-3-16(4-6-18)25(26,27)28/h2-8,11-13,17,19,29H,9-10H2,1H3,(H,31,34)(H,32,35)/t17-,19-. The summed E-state index contributed by atoms with van der Waals surface area (Å²) in [5.41, 5.74) is 2.47. The van der Waals surface area contributed by atoms with Gasteiger partial charge in [-0.2, -0.15) is 18.3 Å². The van der Waals surface area contributed by atoms with Crippen LogP contribution in [0.3, 0.4) is 0 Å². The van der Waals surface area contributed by atoms with E-state index in [0.717, 1.165) is 28.8 Å². The third-order valence-electron chi connectivity index (χ3n) is 6.27. The molecule has 5 rings (SSSR count). The number of carbonyl (C=O) groups excluding carboxylic acids is 2. The summed E-state index contributed by atoms with van der Waals surface area (Å²) in [6, 6.07) is 10.2. The maximum atomic E-state index is 12.8. The second-order valence-electron chi connectivity index (χ2n) is 8.63. The second-order valence-corrected chi connectivity index (χ2v) is 8.63. The molecule has 0 spiro atoms. The zero-order valence-electron chi connectivity index (χ0n) is 19.1. The van der Waals surface area contributed by atoms with Crippen LogP contribution in [0, 0.1) is 0 Å². The lowest BCUT2D eigenvalue weighted by Crippen LogP contribution is -2.50. The fraction of sp³-hybridized carbons (Fsp3) is 0.240. The molecule has 36 heavy (non-hydrogen) atoms. The van der Waals surface area contributed by atoms with E-state index >= 15 is 0 Å². The van der Waals surface area contributed by atoms with Crippen LogP contribution in [0.2, 0.25) is 0 Å². The number of hydrogen-bond acceptors (Lipinski definition) is 4. The minimum absolute atomic E-state index is 0.0797. The van der Waals surface area contributed by atoms with E-state index in [4.69, 9.17) is 4.74 Å². The Kier molecular flexibility index (Phi) is 6.00. The Balaban J connectivity index is 1.31. The average molecular weight is 497 g/mol. The molecule has 1 saturated carbocycles. The largest absolute Gasteiger partial charge is 0.416 e. The Morgan fingerprint density at radius 1 is 1.08 bits per heavy atom. The molecule has 2 aromatic carbocycles. The first-order valence-corrected chi connectivity index (χ1v) is 11.2. The molecule has 0 bridgehead atoms. The van der Waals surface area contributed by atoms with Crippen LogP contribution in [0.15, 0.2) is 61.1 Å². The molecule has 0 radical (unpaired) electrons. The highest BCUT2D eigenvalue weighted by Crippen LogP contribution is 2.31. The third kappa shape index (κ3) is 4.69. The molecule has 2 heterocycles. The lowest BCUT2D eigenvalue weighted by atomic mass is 9.89. The van der Waals surface area contributed by atoms with E-state index in [0.29, 0.717) is 29.6 Å². The molecule has 11 heteroatoms. The third-order valence-corrected chi connectivity index (χ3v) is 6.27. The quantitative estimate of drug-likeness (QED) is 0.359. The molecule has 1 fully saturated rings. The topological polar surface area (TPSA) is 101 Å². The summed E-state index contributed by atoms with van der Waals surface area (Å²) in [7, 11) is 1.61. The highest BCUT2D eigenvalue weighted by molar-refractivity contribution is 6.40. The number of hydrogen-bond donors (Lipinski definition) is 3. The first kappa shape index (κ1) is 23.6. The van der Waals surface area contributed by atoms with Crippen LogP contribution in [0.25, 0.3) is 27.7 Å². The number of alkyl halides is 3. The van der Waals surface area contributed by atoms with Crippen LogP contribution >= 0.6 is 0 Å². The van der Waals surface area contributed by atoms with Crippen molar-refractivity contribution in [2.45, 2.75) is 31.2 Å². The summed E-state index contributed by atoms with van der Waals surface area (Å²) in [6.07, 6.45) is 1.96. The van der Waals surface area contributed by atoms with Gasteiger partial charge in [-0.3, -0.25) is 9.59 Å². The van der Waals surface area contributed by atoms with Gasteiger partial charge in [0.2, 0.25) is 0 Å². The van der Waals surface area contributed by atoms with Gasteiger partial charge < -0.3 is 20.4 Å². The first-order chi connectivity index (χ1) is 17.2. The molecular formula is C25H22F3N5O3. The molecule has 1 aliphatic carbocycles. The SMILES string of the molecule is CO[C@H]1C[C@H](NC(=O)C(=O)Nc2c[nH]c3ccc(-c4cnn(-c5ccc(C(F)(F)F)cc5)c4)cc23)C1. The van der Waals surface area contributed by atoms with E-state index in [1.165, 1.54) is 16.8 Å². The average Bonchev–Trinajstić information content (AvgIpc) is 3.48. The number of H-pyrrole nitrogens is 1. The van der Waals surface area contributed by atoms with Crippen LogP contribution in [0.1, 0.15) is 18.4 Å². The number of fused-ring (bicyclic) bond motifs is 1. The summed E-state index contributed by atoms with van der Waals surface area (Å²) < 4.78 is 45.2. The molecule has 0 aliphatic heterocycles. The maximum absolute atomic E-state index is 12.8. The van der Waals surface area contributed by atoms with Gasteiger partial charge in [0.05, 0.1) is 29.2 Å². The summed E-state index contributed by atoms with van der Waals surface area (Å²) >= 11 is 0. The molecule has 0 atom stereocenters. The zero-order valence-corrected chi connectivity index (χ0v) is 19.1. The van der Waals surface area contributed by atoms with E-state index in [-0.39, 0.29) is 12.1 Å². The van der Waals surface area contributed by atoms with Crippen molar-refractivity contribution in [3.05, 3.63) is 66.6 Å². The highest BCUT2D eigenvalue weighted by Gasteiger charge is 2.32. The van der Waals surface area contributed by atoms with E-state index in [1.807, 2.05) is 18.2 Å². The minimum Gasteiger partial charge on any atom is -0.381 e. The van der Waals surface area contributed by atoms with Crippen LogP contribution < -0.4 is 10.6 Å². The Bertz CT molecular complexity index is 1420. The lowest BCUT2D eigenvalue weighted by molar-refractivity contribution is -0.137. The zero-order chi connectivity index (χ0) is 25.4. The van der Waals surface area contributed by atoms with Crippen molar-refractivity contribution in [3.8, 4) is 16.8 Å². The molecule has 2 aromatic heterocycles. The number of aromatic amines is 1. The molecule has 1 aliphatic rings. The van der Waals surface area contributed by atoms with Gasteiger partial charge in [0.1, 0.15) is 0 Å². The normalized spacial score (nSPS) is 17.6. The van der Waals surface area contributed by atoms with Gasteiger partial charge in [0.25, 0.3) is 0 Å². The van der Waals surface area contributed by atoms with Gasteiger partial charge in [-0.05, 0) is 54.8 Å². The first-order valence-electron chi connectivity index (χ1n) is 11.2. The smallest absolute Gasteiger partial charge is 0.381 e. The number of nitrogens with one attached hydrogen (secondary N) is 3. The number of methoxy groups -OCH3 is 1. The molecule has 4 aromatic rings.